The summed E-state index contributed by atoms with van der Waals surface area (Å²) in [6, 6.07) is 0.790. The van der Waals surface area contributed by atoms with Crippen LogP contribution in [0.1, 0.15) is 19.8 Å². The Balaban J connectivity index is 1.68. The molecular formula is C8H14N4S. The van der Waals surface area contributed by atoms with E-state index in [0.29, 0.717) is 5.25 Å². The molecule has 1 aliphatic carbocycles. The first-order chi connectivity index (χ1) is 6.34. The summed E-state index contributed by atoms with van der Waals surface area (Å²) >= 11 is 1.73. The summed E-state index contributed by atoms with van der Waals surface area (Å²) in [6.07, 6.45) is 4.24. The van der Waals surface area contributed by atoms with E-state index in [2.05, 4.69) is 27.4 Å². The molecule has 0 bridgehead atoms. The van der Waals surface area contributed by atoms with E-state index in [9.17, 15) is 0 Å². The van der Waals surface area contributed by atoms with Gasteiger partial charge in [0, 0.05) is 17.8 Å². The fraction of sp³-hybridized carbons (Fsp3) is 0.750. The highest BCUT2D eigenvalue weighted by Gasteiger charge is 2.21. The molecule has 0 radical (unpaired) electrons. The van der Waals surface area contributed by atoms with Crippen LogP contribution < -0.4 is 5.32 Å². The highest BCUT2D eigenvalue weighted by Crippen LogP contribution is 2.21. The fourth-order valence-electron chi connectivity index (χ4n) is 1.10. The van der Waals surface area contributed by atoms with Crippen LogP contribution in [0.15, 0.2) is 11.5 Å². The van der Waals surface area contributed by atoms with Gasteiger partial charge in [0.2, 0.25) is 0 Å². The van der Waals surface area contributed by atoms with Crippen molar-refractivity contribution in [3.05, 3.63) is 6.33 Å². The molecule has 0 amide bonds. The molecule has 0 aliphatic heterocycles. The van der Waals surface area contributed by atoms with Crippen LogP contribution in [0, 0.1) is 0 Å². The number of hydrogen-bond acceptors (Lipinski definition) is 4. The number of aromatic nitrogens is 3. The first kappa shape index (κ1) is 9.02. The second kappa shape index (κ2) is 4.11. The molecule has 0 spiro atoms. The third-order valence-corrected chi connectivity index (χ3v) is 2.97. The van der Waals surface area contributed by atoms with Gasteiger partial charge in [-0.3, -0.25) is 5.10 Å². The van der Waals surface area contributed by atoms with Crippen LogP contribution in [0.3, 0.4) is 0 Å². The molecule has 13 heavy (non-hydrogen) atoms. The van der Waals surface area contributed by atoms with E-state index >= 15 is 0 Å². The van der Waals surface area contributed by atoms with E-state index in [4.69, 9.17) is 0 Å². The molecule has 1 heterocycles. The monoisotopic (exact) mass is 198 g/mol. The van der Waals surface area contributed by atoms with Crippen LogP contribution in [0.4, 0.5) is 0 Å². The lowest BCUT2D eigenvalue weighted by Gasteiger charge is -2.09. The average Bonchev–Trinajstić information content (AvgIpc) is 2.82. The van der Waals surface area contributed by atoms with Crippen molar-refractivity contribution in [2.45, 2.75) is 36.2 Å². The quantitative estimate of drug-likeness (QED) is 0.694. The molecule has 72 valence electrons. The Labute approximate surface area is 81.9 Å². The normalized spacial score (nSPS) is 18.8. The lowest BCUT2D eigenvalue weighted by molar-refractivity contribution is 0.678. The van der Waals surface area contributed by atoms with E-state index in [0.717, 1.165) is 17.7 Å². The maximum Gasteiger partial charge on any atom is 0.183 e. The molecule has 5 heteroatoms. The van der Waals surface area contributed by atoms with Crippen molar-refractivity contribution >= 4 is 11.8 Å². The van der Waals surface area contributed by atoms with E-state index in [1.165, 1.54) is 12.8 Å². The minimum Gasteiger partial charge on any atom is -0.313 e. The molecule has 2 N–H and O–H groups in total. The van der Waals surface area contributed by atoms with Gasteiger partial charge in [0.25, 0.3) is 0 Å². The number of aromatic amines is 1. The fourth-order valence-corrected chi connectivity index (χ4v) is 1.88. The van der Waals surface area contributed by atoms with Crippen LogP contribution in [-0.2, 0) is 0 Å². The summed E-state index contributed by atoms with van der Waals surface area (Å²) in [5.74, 6) is 0. The van der Waals surface area contributed by atoms with Gasteiger partial charge in [-0.15, -0.1) is 0 Å². The van der Waals surface area contributed by atoms with E-state index in [-0.39, 0.29) is 0 Å². The number of nitrogens with zero attached hydrogens (tertiary/aromatic N) is 2. The van der Waals surface area contributed by atoms with Gasteiger partial charge < -0.3 is 5.32 Å². The van der Waals surface area contributed by atoms with Crippen molar-refractivity contribution in [2.24, 2.45) is 0 Å². The zero-order valence-electron chi connectivity index (χ0n) is 7.66. The lowest BCUT2D eigenvalue weighted by atomic mass is 10.4. The highest BCUT2D eigenvalue weighted by molar-refractivity contribution is 7.99. The van der Waals surface area contributed by atoms with Crippen LogP contribution in [0.25, 0.3) is 0 Å². The molecule has 1 aromatic heterocycles. The Hall–Kier alpha value is -0.550. The summed E-state index contributed by atoms with van der Waals surface area (Å²) in [5.41, 5.74) is 0. The van der Waals surface area contributed by atoms with Gasteiger partial charge in [0.1, 0.15) is 6.33 Å². The van der Waals surface area contributed by atoms with Gasteiger partial charge in [-0.1, -0.05) is 18.7 Å². The van der Waals surface area contributed by atoms with Gasteiger partial charge >= 0.3 is 0 Å². The lowest BCUT2D eigenvalue weighted by Crippen LogP contribution is -2.24. The zero-order valence-corrected chi connectivity index (χ0v) is 8.47. The Morgan fingerprint density at radius 1 is 1.77 bits per heavy atom. The summed E-state index contributed by atoms with van der Waals surface area (Å²) < 4.78 is 0. The highest BCUT2D eigenvalue weighted by atomic mass is 32.2. The predicted molar refractivity (Wildman–Crippen MR) is 52.7 cm³/mol. The number of thioether (sulfide) groups is 1. The molecule has 0 aromatic carbocycles. The number of rotatable bonds is 5. The van der Waals surface area contributed by atoms with Crippen molar-refractivity contribution in [2.75, 3.05) is 6.54 Å². The van der Waals surface area contributed by atoms with Crippen molar-refractivity contribution in [1.82, 2.24) is 20.5 Å². The van der Waals surface area contributed by atoms with Gasteiger partial charge in [0.15, 0.2) is 5.16 Å². The number of nitrogens with one attached hydrogen (secondary N) is 2. The first-order valence-corrected chi connectivity index (χ1v) is 5.48. The Morgan fingerprint density at radius 2 is 2.62 bits per heavy atom. The van der Waals surface area contributed by atoms with Crippen LogP contribution in [0.5, 0.6) is 0 Å². The maximum atomic E-state index is 4.07. The second-order valence-electron chi connectivity index (χ2n) is 3.40. The molecule has 4 nitrogen and oxygen atoms in total. The average molecular weight is 198 g/mol. The van der Waals surface area contributed by atoms with Crippen molar-refractivity contribution in [3.8, 4) is 0 Å². The summed E-state index contributed by atoms with van der Waals surface area (Å²) in [6.45, 7) is 3.25. The number of hydrogen-bond donors (Lipinski definition) is 2. The second-order valence-corrected chi connectivity index (χ2v) is 4.83. The van der Waals surface area contributed by atoms with Crippen molar-refractivity contribution in [1.29, 1.82) is 0 Å². The maximum absolute atomic E-state index is 4.07. The predicted octanol–water partition coefficient (Wildman–Crippen LogP) is 1.04. The Bertz CT molecular complexity index is 245. The van der Waals surface area contributed by atoms with Crippen LogP contribution >= 0.6 is 11.8 Å². The van der Waals surface area contributed by atoms with Gasteiger partial charge in [-0.05, 0) is 12.8 Å². The molecule has 0 saturated heterocycles. The molecule has 1 saturated carbocycles. The Kier molecular flexibility index (Phi) is 2.85. The summed E-state index contributed by atoms with van der Waals surface area (Å²) in [7, 11) is 0. The first-order valence-electron chi connectivity index (χ1n) is 4.60. The van der Waals surface area contributed by atoms with Gasteiger partial charge in [0.05, 0.1) is 0 Å². The van der Waals surface area contributed by atoms with Crippen molar-refractivity contribution in [3.63, 3.8) is 0 Å². The topological polar surface area (TPSA) is 53.6 Å². The molecule has 2 rings (SSSR count). The van der Waals surface area contributed by atoms with E-state index in [1.807, 2.05) is 0 Å². The smallest absolute Gasteiger partial charge is 0.183 e. The van der Waals surface area contributed by atoms with Crippen molar-refractivity contribution < 1.29 is 0 Å². The third kappa shape index (κ3) is 3.00. The molecule has 1 aromatic rings. The molecule has 1 unspecified atom stereocenters. The van der Waals surface area contributed by atoms with Crippen LogP contribution in [-0.4, -0.2) is 33.0 Å². The third-order valence-electron chi connectivity index (χ3n) is 1.98. The molecule has 1 aliphatic rings. The number of H-pyrrole nitrogens is 1. The summed E-state index contributed by atoms with van der Waals surface area (Å²) in [4.78, 5) is 4.07. The summed E-state index contributed by atoms with van der Waals surface area (Å²) in [5, 5.41) is 11.6. The van der Waals surface area contributed by atoms with Gasteiger partial charge in [-0.25, -0.2) is 4.98 Å². The van der Waals surface area contributed by atoms with Gasteiger partial charge in [-0.2, -0.15) is 5.10 Å². The molecular weight excluding hydrogens is 184 g/mol. The minimum atomic E-state index is 0.550. The zero-order chi connectivity index (χ0) is 9.10. The Morgan fingerprint density at radius 3 is 3.23 bits per heavy atom. The van der Waals surface area contributed by atoms with E-state index in [1.54, 1.807) is 18.1 Å². The SMILES string of the molecule is CC(CNC1CC1)Sc1ncn[nH]1. The minimum absolute atomic E-state index is 0.550. The molecule has 1 fully saturated rings. The largest absolute Gasteiger partial charge is 0.313 e. The molecule has 1 atom stereocenters. The standard InChI is InChI=1S/C8H14N4S/c1-6(4-9-7-2-3-7)13-8-10-5-11-12-8/h5-7,9H,2-4H2,1H3,(H,10,11,12). The van der Waals surface area contributed by atoms with E-state index < -0.39 is 0 Å². The van der Waals surface area contributed by atoms with Crippen LogP contribution in [0.2, 0.25) is 0 Å².